The van der Waals surface area contributed by atoms with Crippen molar-refractivity contribution in [2.24, 2.45) is 11.8 Å². The van der Waals surface area contributed by atoms with Gasteiger partial charge in [-0.3, -0.25) is 0 Å². The van der Waals surface area contributed by atoms with Crippen molar-refractivity contribution in [3.05, 3.63) is 0 Å². The molecule has 0 aromatic heterocycles. The SMILES string of the molecule is CC1CN(C(=O)OC(C)(C)C)CCC1C(O)CF. The van der Waals surface area contributed by atoms with Crippen molar-refractivity contribution in [1.29, 1.82) is 0 Å². The van der Waals surface area contributed by atoms with Gasteiger partial charge in [0.15, 0.2) is 0 Å². The van der Waals surface area contributed by atoms with Crippen LogP contribution in [0.2, 0.25) is 0 Å². The number of alkyl halides is 1. The monoisotopic (exact) mass is 261 g/mol. The quantitative estimate of drug-likeness (QED) is 0.829. The Hall–Kier alpha value is -0.840. The lowest BCUT2D eigenvalue weighted by Gasteiger charge is -2.38. The highest BCUT2D eigenvalue weighted by Gasteiger charge is 2.34. The van der Waals surface area contributed by atoms with Crippen LogP contribution in [0.5, 0.6) is 0 Å². The first kappa shape index (κ1) is 15.2. The van der Waals surface area contributed by atoms with E-state index >= 15 is 0 Å². The van der Waals surface area contributed by atoms with E-state index in [2.05, 4.69) is 0 Å². The molecule has 5 heteroatoms. The largest absolute Gasteiger partial charge is 0.444 e. The van der Waals surface area contributed by atoms with Crippen LogP contribution in [0.4, 0.5) is 9.18 Å². The van der Waals surface area contributed by atoms with Crippen molar-refractivity contribution in [3.8, 4) is 0 Å². The first-order chi connectivity index (χ1) is 8.24. The Morgan fingerprint density at radius 3 is 2.61 bits per heavy atom. The number of ether oxygens (including phenoxy) is 1. The fraction of sp³-hybridized carbons (Fsp3) is 0.923. The minimum absolute atomic E-state index is 0.0753. The van der Waals surface area contributed by atoms with E-state index in [1.807, 2.05) is 27.7 Å². The van der Waals surface area contributed by atoms with E-state index in [1.54, 1.807) is 4.90 Å². The number of halogens is 1. The average molecular weight is 261 g/mol. The molecule has 1 heterocycles. The van der Waals surface area contributed by atoms with Crippen LogP contribution in [-0.2, 0) is 4.74 Å². The summed E-state index contributed by atoms with van der Waals surface area (Å²) < 4.78 is 17.8. The van der Waals surface area contributed by atoms with Gasteiger partial charge in [0.2, 0.25) is 0 Å². The van der Waals surface area contributed by atoms with Crippen LogP contribution in [0.1, 0.15) is 34.1 Å². The van der Waals surface area contributed by atoms with Crippen molar-refractivity contribution >= 4 is 6.09 Å². The summed E-state index contributed by atoms with van der Waals surface area (Å²) in [4.78, 5) is 13.5. The Bertz CT molecular complexity index is 290. The molecule has 0 bridgehead atoms. The van der Waals surface area contributed by atoms with Crippen LogP contribution in [0, 0.1) is 11.8 Å². The molecular weight excluding hydrogens is 237 g/mol. The summed E-state index contributed by atoms with van der Waals surface area (Å²) in [5.41, 5.74) is -0.504. The number of hydrogen-bond acceptors (Lipinski definition) is 3. The molecule has 18 heavy (non-hydrogen) atoms. The fourth-order valence-corrected chi connectivity index (χ4v) is 2.34. The van der Waals surface area contributed by atoms with Gasteiger partial charge in [-0.25, -0.2) is 9.18 Å². The number of piperidine rings is 1. The van der Waals surface area contributed by atoms with Gasteiger partial charge in [0.25, 0.3) is 0 Å². The van der Waals surface area contributed by atoms with Crippen molar-refractivity contribution in [1.82, 2.24) is 4.90 Å². The molecule has 1 fully saturated rings. The Morgan fingerprint density at radius 2 is 2.17 bits per heavy atom. The third kappa shape index (κ3) is 4.12. The first-order valence-electron chi connectivity index (χ1n) is 6.46. The number of rotatable bonds is 2. The highest BCUT2D eigenvalue weighted by atomic mass is 19.1. The Balaban J connectivity index is 2.53. The summed E-state index contributed by atoms with van der Waals surface area (Å²) in [6.45, 7) is 7.72. The van der Waals surface area contributed by atoms with Gasteiger partial charge in [-0.05, 0) is 39.0 Å². The molecule has 106 valence electrons. The molecule has 1 aliphatic rings. The maximum atomic E-state index is 12.5. The van der Waals surface area contributed by atoms with Gasteiger partial charge in [-0.2, -0.15) is 0 Å². The molecule has 0 spiro atoms. The van der Waals surface area contributed by atoms with Crippen LogP contribution in [-0.4, -0.2) is 47.6 Å². The lowest BCUT2D eigenvalue weighted by molar-refractivity contribution is -0.0124. The molecule has 1 saturated heterocycles. The van der Waals surface area contributed by atoms with Crippen LogP contribution in [0.3, 0.4) is 0 Å². The zero-order valence-electron chi connectivity index (χ0n) is 11.6. The third-order valence-corrected chi connectivity index (χ3v) is 3.28. The van der Waals surface area contributed by atoms with E-state index in [9.17, 15) is 14.3 Å². The molecule has 1 rings (SSSR count). The number of amides is 1. The van der Waals surface area contributed by atoms with E-state index in [-0.39, 0.29) is 17.9 Å². The zero-order valence-corrected chi connectivity index (χ0v) is 11.6. The van der Waals surface area contributed by atoms with Gasteiger partial charge < -0.3 is 14.7 Å². The topological polar surface area (TPSA) is 49.8 Å². The zero-order chi connectivity index (χ0) is 13.9. The second-order valence-corrected chi connectivity index (χ2v) is 6.08. The van der Waals surface area contributed by atoms with E-state index < -0.39 is 18.4 Å². The second kappa shape index (κ2) is 5.87. The highest BCUT2D eigenvalue weighted by molar-refractivity contribution is 5.68. The molecule has 0 aliphatic carbocycles. The third-order valence-electron chi connectivity index (χ3n) is 3.28. The number of aliphatic hydroxyl groups is 1. The van der Waals surface area contributed by atoms with Crippen molar-refractivity contribution in [2.75, 3.05) is 19.8 Å². The molecule has 1 N–H and O–H groups in total. The summed E-state index contributed by atoms with van der Waals surface area (Å²) in [6, 6.07) is 0. The van der Waals surface area contributed by atoms with Gasteiger partial charge in [0.05, 0.1) is 6.10 Å². The minimum Gasteiger partial charge on any atom is -0.444 e. The predicted molar refractivity (Wildman–Crippen MR) is 67.1 cm³/mol. The normalized spacial score (nSPS) is 26.9. The number of hydrogen-bond donors (Lipinski definition) is 1. The number of carbonyl (C=O) groups excluding carboxylic acids is 1. The molecule has 3 unspecified atom stereocenters. The average Bonchev–Trinajstić information content (AvgIpc) is 2.25. The van der Waals surface area contributed by atoms with Gasteiger partial charge >= 0.3 is 6.09 Å². The van der Waals surface area contributed by atoms with Gasteiger partial charge in [0.1, 0.15) is 12.3 Å². The number of nitrogens with zero attached hydrogens (tertiary/aromatic N) is 1. The standard InChI is InChI=1S/C13H24FNO3/c1-9-8-15(12(17)18-13(2,3)4)6-5-10(9)11(16)7-14/h9-11,16H,5-8H2,1-4H3. The first-order valence-corrected chi connectivity index (χ1v) is 6.46. The van der Waals surface area contributed by atoms with Crippen LogP contribution < -0.4 is 0 Å². The van der Waals surface area contributed by atoms with Crippen LogP contribution in [0.25, 0.3) is 0 Å². The van der Waals surface area contributed by atoms with Crippen molar-refractivity contribution in [2.45, 2.75) is 45.8 Å². The van der Waals surface area contributed by atoms with Gasteiger partial charge in [0, 0.05) is 13.1 Å². The van der Waals surface area contributed by atoms with E-state index in [4.69, 9.17) is 4.74 Å². The summed E-state index contributed by atoms with van der Waals surface area (Å²) in [5, 5.41) is 9.55. The highest BCUT2D eigenvalue weighted by Crippen LogP contribution is 2.27. The molecular formula is C13H24FNO3. The molecule has 3 atom stereocenters. The number of aliphatic hydroxyl groups excluding tert-OH is 1. The molecule has 4 nitrogen and oxygen atoms in total. The lowest BCUT2D eigenvalue weighted by Crippen LogP contribution is -2.47. The van der Waals surface area contributed by atoms with Gasteiger partial charge in [-0.1, -0.05) is 6.92 Å². The van der Waals surface area contributed by atoms with E-state index in [0.29, 0.717) is 19.5 Å². The summed E-state index contributed by atoms with van der Waals surface area (Å²) >= 11 is 0. The lowest BCUT2D eigenvalue weighted by atomic mass is 9.83. The molecule has 1 aliphatic heterocycles. The summed E-state index contributed by atoms with van der Waals surface area (Å²) in [6.07, 6.45) is -0.630. The maximum Gasteiger partial charge on any atom is 0.410 e. The van der Waals surface area contributed by atoms with Crippen molar-refractivity contribution in [3.63, 3.8) is 0 Å². The minimum atomic E-state index is -0.916. The molecule has 0 saturated carbocycles. The van der Waals surface area contributed by atoms with E-state index in [0.717, 1.165) is 0 Å². The number of carbonyl (C=O) groups is 1. The van der Waals surface area contributed by atoms with Gasteiger partial charge in [-0.15, -0.1) is 0 Å². The fourth-order valence-electron chi connectivity index (χ4n) is 2.34. The van der Waals surface area contributed by atoms with Crippen LogP contribution in [0.15, 0.2) is 0 Å². The molecule has 0 aromatic rings. The Labute approximate surface area is 108 Å². The second-order valence-electron chi connectivity index (χ2n) is 6.08. The molecule has 0 radical (unpaired) electrons. The number of likely N-dealkylation sites (tertiary alicyclic amines) is 1. The summed E-state index contributed by atoms with van der Waals surface area (Å²) in [7, 11) is 0. The Morgan fingerprint density at radius 1 is 1.56 bits per heavy atom. The maximum absolute atomic E-state index is 12.5. The van der Waals surface area contributed by atoms with E-state index in [1.165, 1.54) is 0 Å². The molecule has 0 aromatic carbocycles. The predicted octanol–water partition coefficient (Wildman–Crippen LogP) is 2.21. The van der Waals surface area contributed by atoms with Crippen LogP contribution >= 0.6 is 0 Å². The summed E-state index contributed by atoms with van der Waals surface area (Å²) in [5.74, 6) is 0.00528. The van der Waals surface area contributed by atoms with Crippen molar-refractivity contribution < 1.29 is 19.0 Å². The smallest absolute Gasteiger partial charge is 0.410 e. The molecule has 1 amide bonds. The Kier molecular flexibility index (Phi) is 4.96.